The molecule has 20 heavy (non-hydrogen) atoms. The molecule has 0 aliphatic carbocycles. The van der Waals surface area contributed by atoms with Gasteiger partial charge in [-0.1, -0.05) is 32.0 Å². The summed E-state index contributed by atoms with van der Waals surface area (Å²) >= 11 is 0. The van der Waals surface area contributed by atoms with Gasteiger partial charge in [-0.2, -0.15) is 0 Å². The maximum absolute atomic E-state index is 12.2. The van der Waals surface area contributed by atoms with E-state index < -0.39 is 5.91 Å². The summed E-state index contributed by atoms with van der Waals surface area (Å²) < 4.78 is 0. The normalized spacial score (nSPS) is 10.6. The zero-order valence-electron chi connectivity index (χ0n) is 12.1. The molecule has 0 spiro atoms. The number of carbonyl (C=O) groups is 2. The zero-order chi connectivity index (χ0) is 15.1. The fourth-order valence-corrected chi connectivity index (χ4v) is 2.05. The minimum absolute atomic E-state index is 0.0265. The van der Waals surface area contributed by atoms with E-state index in [4.69, 9.17) is 11.5 Å². The van der Waals surface area contributed by atoms with E-state index in [0.717, 1.165) is 5.56 Å². The van der Waals surface area contributed by atoms with Crippen molar-refractivity contribution in [3.63, 3.8) is 0 Å². The van der Waals surface area contributed by atoms with Crippen molar-refractivity contribution < 1.29 is 9.59 Å². The van der Waals surface area contributed by atoms with Crippen LogP contribution in [0.15, 0.2) is 24.3 Å². The molecule has 0 heterocycles. The molecule has 5 nitrogen and oxygen atoms in total. The molecule has 0 atom stereocenters. The molecular formula is C15H23N3O2. The summed E-state index contributed by atoms with van der Waals surface area (Å²) in [6.07, 6.45) is 0.896. The molecule has 110 valence electrons. The molecule has 0 unspecified atom stereocenters. The van der Waals surface area contributed by atoms with Crippen LogP contribution in [-0.2, 0) is 16.0 Å². The minimum atomic E-state index is -0.488. The average molecular weight is 277 g/mol. The Morgan fingerprint density at radius 1 is 1.25 bits per heavy atom. The highest BCUT2D eigenvalue weighted by atomic mass is 16.2. The number of carbonyl (C=O) groups excluding carboxylic acids is 2. The minimum Gasteiger partial charge on any atom is -0.399 e. The second kappa shape index (κ2) is 7.53. The van der Waals surface area contributed by atoms with Gasteiger partial charge in [0.05, 0.1) is 6.54 Å². The summed E-state index contributed by atoms with van der Waals surface area (Å²) in [6, 6.07) is 7.48. The number of para-hydroxylation sites is 1. The Balaban J connectivity index is 2.62. The Bertz CT molecular complexity index is 472. The van der Waals surface area contributed by atoms with Crippen LogP contribution in [0.2, 0.25) is 0 Å². The van der Waals surface area contributed by atoms with Crippen molar-refractivity contribution in [2.24, 2.45) is 11.7 Å². The molecule has 0 aliphatic rings. The molecule has 0 saturated carbocycles. The smallest absolute Gasteiger partial charge is 0.237 e. The monoisotopic (exact) mass is 277 g/mol. The number of benzene rings is 1. The van der Waals surface area contributed by atoms with Gasteiger partial charge in [0, 0.05) is 18.7 Å². The number of primary amides is 1. The lowest BCUT2D eigenvalue weighted by atomic mass is 10.1. The number of hydrogen-bond donors (Lipinski definition) is 2. The van der Waals surface area contributed by atoms with Crippen LogP contribution in [0, 0.1) is 5.92 Å². The van der Waals surface area contributed by atoms with Gasteiger partial charge in [0.1, 0.15) is 0 Å². The number of amides is 2. The van der Waals surface area contributed by atoms with Crippen molar-refractivity contribution in [2.75, 3.05) is 18.8 Å². The number of aryl methyl sites for hydroxylation is 1. The molecule has 2 amide bonds. The number of nitrogen functional groups attached to an aromatic ring is 1. The molecule has 1 rings (SSSR count). The van der Waals surface area contributed by atoms with Gasteiger partial charge in [-0.15, -0.1) is 0 Å². The summed E-state index contributed by atoms with van der Waals surface area (Å²) in [7, 11) is 0. The van der Waals surface area contributed by atoms with E-state index in [2.05, 4.69) is 0 Å². The number of rotatable bonds is 7. The van der Waals surface area contributed by atoms with Crippen LogP contribution in [0.4, 0.5) is 5.69 Å². The van der Waals surface area contributed by atoms with Crippen molar-refractivity contribution in [1.82, 2.24) is 4.90 Å². The first kappa shape index (κ1) is 16.0. The van der Waals surface area contributed by atoms with Gasteiger partial charge >= 0.3 is 0 Å². The number of hydrogen-bond acceptors (Lipinski definition) is 3. The van der Waals surface area contributed by atoms with Crippen molar-refractivity contribution >= 4 is 17.5 Å². The average Bonchev–Trinajstić information content (AvgIpc) is 2.35. The Labute approximate surface area is 119 Å². The van der Waals surface area contributed by atoms with Gasteiger partial charge in [0.2, 0.25) is 11.8 Å². The van der Waals surface area contributed by atoms with Gasteiger partial charge in [-0.3, -0.25) is 9.59 Å². The van der Waals surface area contributed by atoms with Gasteiger partial charge in [-0.25, -0.2) is 0 Å². The highest BCUT2D eigenvalue weighted by molar-refractivity contribution is 5.84. The Hall–Kier alpha value is -2.04. The van der Waals surface area contributed by atoms with E-state index in [9.17, 15) is 9.59 Å². The number of anilines is 1. The van der Waals surface area contributed by atoms with Gasteiger partial charge in [0.15, 0.2) is 0 Å². The van der Waals surface area contributed by atoms with Crippen molar-refractivity contribution in [1.29, 1.82) is 0 Å². The van der Waals surface area contributed by atoms with E-state index >= 15 is 0 Å². The van der Waals surface area contributed by atoms with Crippen LogP contribution in [0.5, 0.6) is 0 Å². The van der Waals surface area contributed by atoms with E-state index in [-0.39, 0.29) is 12.5 Å². The van der Waals surface area contributed by atoms with Gasteiger partial charge in [0.25, 0.3) is 0 Å². The molecule has 0 radical (unpaired) electrons. The summed E-state index contributed by atoms with van der Waals surface area (Å²) in [5.74, 6) is -0.265. The second-order valence-corrected chi connectivity index (χ2v) is 5.33. The third-order valence-corrected chi connectivity index (χ3v) is 2.95. The summed E-state index contributed by atoms with van der Waals surface area (Å²) in [5, 5.41) is 0. The van der Waals surface area contributed by atoms with Crippen molar-refractivity contribution in [3.8, 4) is 0 Å². The summed E-state index contributed by atoms with van der Waals surface area (Å²) in [6.45, 7) is 4.50. The SMILES string of the molecule is CC(C)CN(CC(N)=O)C(=O)CCc1ccccc1N. The predicted octanol–water partition coefficient (Wildman–Crippen LogP) is 1.17. The van der Waals surface area contributed by atoms with Crippen LogP contribution >= 0.6 is 0 Å². The van der Waals surface area contributed by atoms with E-state index in [1.807, 2.05) is 38.1 Å². The summed E-state index contributed by atoms with van der Waals surface area (Å²) in [4.78, 5) is 24.7. The van der Waals surface area contributed by atoms with Crippen molar-refractivity contribution in [2.45, 2.75) is 26.7 Å². The van der Waals surface area contributed by atoms with Crippen LogP contribution < -0.4 is 11.5 Å². The Morgan fingerprint density at radius 2 is 1.90 bits per heavy atom. The third-order valence-electron chi connectivity index (χ3n) is 2.95. The molecule has 4 N–H and O–H groups in total. The number of nitrogens with zero attached hydrogens (tertiary/aromatic N) is 1. The van der Waals surface area contributed by atoms with E-state index in [1.54, 1.807) is 0 Å². The van der Waals surface area contributed by atoms with Crippen LogP contribution in [0.3, 0.4) is 0 Å². The maximum atomic E-state index is 12.2. The predicted molar refractivity (Wildman–Crippen MR) is 79.8 cm³/mol. The van der Waals surface area contributed by atoms with Crippen LogP contribution in [0.1, 0.15) is 25.8 Å². The molecule has 0 bridgehead atoms. The van der Waals surface area contributed by atoms with Crippen molar-refractivity contribution in [3.05, 3.63) is 29.8 Å². The lowest BCUT2D eigenvalue weighted by molar-refractivity contribution is -0.135. The molecular weight excluding hydrogens is 254 g/mol. The van der Waals surface area contributed by atoms with Crippen LogP contribution in [-0.4, -0.2) is 29.8 Å². The van der Waals surface area contributed by atoms with Gasteiger partial charge in [-0.05, 0) is 24.0 Å². The maximum Gasteiger partial charge on any atom is 0.237 e. The fourth-order valence-electron chi connectivity index (χ4n) is 2.05. The standard InChI is InChI=1S/C15H23N3O2/c1-11(2)9-18(10-14(17)19)15(20)8-7-12-5-3-4-6-13(12)16/h3-6,11H,7-10,16H2,1-2H3,(H2,17,19). The highest BCUT2D eigenvalue weighted by Gasteiger charge is 2.17. The second-order valence-electron chi connectivity index (χ2n) is 5.33. The molecule has 0 aromatic heterocycles. The summed E-state index contributed by atoms with van der Waals surface area (Å²) in [5.41, 5.74) is 12.7. The number of nitrogens with two attached hydrogens (primary N) is 2. The third kappa shape index (κ3) is 5.30. The molecule has 1 aromatic carbocycles. The Kier molecular flexibility index (Phi) is 6.03. The zero-order valence-corrected chi connectivity index (χ0v) is 12.1. The molecule has 0 fully saturated rings. The molecule has 1 aromatic rings. The topological polar surface area (TPSA) is 89.4 Å². The first-order valence-corrected chi connectivity index (χ1v) is 6.79. The quantitative estimate of drug-likeness (QED) is 0.733. The molecule has 0 saturated heterocycles. The largest absolute Gasteiger partial charge is 0.399 e. The van der Waals surface area contributed by atoms with Gasteiger partial charge < -0.3 is 16.4 Å². The lowest BCUT2D eigenvalue weighted by Crippen LogP contribution is -2.40. The molecule has 0 aliphatic heterocycles. The molecule has 5 heteroatoms. The lowest BCUT2D eigenvalue weighted by Gasteiger charge is -2.23. The fraction of sp³-hybridized carbons (Fsp3) is 0.467. The van der Waals surface area contributed by atoms with Crippen LogP contribution in [0.25, 0.3) is 0 Å². The first-order valence-electron chi connectivity index (χ1n) is 6.79. The highest BCUT2D eigenvalue weighted by Crippen LogP contribution is 2.13. The first-order chi connectivity index (χ1) is 9.40. The van der Waals surface area contributed by atoms with E-state index in [1.165, 1.54) is 4.90 Å². The van der Waals surface area contributed by atoms with E-state index in [0.29, 0.717) is 31.0 Å². The Morgan fingerprint density at radius 3 is 2.45 bits per heavy atom.